The fraction of sp³-hybridized carbons (Fsp3) is 0.0714. The van der Waals surface area contributed by atoms with Crippen molar-refractivity contribution in [2.24, 2.45) is 0 Å². The molecule has 2 rings (SSSR count). The van der Waals surface area contributed by atoms with Crippen molar-refractivity contribution in [3.63, 3.8) is 0 Å². The number of carbonyl (C=O) groups is 2. The molecule has 0 saturated carbocycles. The number of carboxylic acid groups (broad SMARTS) is 1. The highest BCUT2D eigenvalue weighted by molar-refractivity contribution is 7.16. The van der Waals surface area contributed by atoms with E-state index >= 15 is 0 Å². The minimum Gasteiger partial charge on any atom is -0.478 e. The Morgan fingerprint density at radius 1 is 1.38 bits per heavy atom. The van der Waals surface area contributed by atoms with Gasteiger partial charge in [-0.1, -0.05) is 11.6 Å². The van der Waals surface area contributed by atoms with Gasteiger partial charge in [-0.05, 0) is 29.8 Å². The normalized spacial score (nSPS) is 10.7. The van der Waals surface area contributed by atoms with Gasteiger partial charge in [0.25, 0.3) is 5.91 Å². The van der Waals surface area contributed by atoms with E-state index in [1.165, 1.54) is 29.8 Å². The summed E-state index contributed by atoms with van der Waals surface area (Å²) in [5, 5.41) is 11.3. The van der Waals surface area contributed by atoms with Gasteiger partial charge in [-0.25, -0.2) is 4.79 Å². The quantitative estimate of drug-likeness (QED) is 0.830. The van der Waals surface area contributed by atoms with Crippen LogP contribution in [-0.4, -0.2) is 22.0 Å². The molecule has 2 aromatic heterocycles. The summed E-state index contributed by atoms with van der Waals surface area (Å²) in [5.41, 5.74) is 0.911. The van der Waals surface area contributed by atoms with Gasteiger partial charge >= 0.3 is 5.97 Å². The molecule has 0 aliphatic heterocycles. The maximum atomic E-state index is 12.0. The molecule has 0 unspecified atom stereocenters. The number of carbonyl (C=O) groups excluding carboxylic acids is 1. The highest BCUT2D eigenvalue weighted by atomic mass is 35.5. The van der Waals surface area contributed by atoms with Gasteiger partial charge in [0.15, 0.2) is 0 Å². The smallest absolute Gasteiger partial charge is 0.328 e. The number of pyridine rings is 1. The number of nitrogens with one attached hydrogen (secondary N) is 1. The number of hydrogen-bond acceptors (Lipinski definition) is 4. The second-order valence-corrected chi connectivity index (χ2v) is 5.87. The van der Waals surface area contributed by atoms with Crippen molar-refractivity contribution in [1.82, 2.24) is 10.3 Å². The predicted molar refractivity (Wildman–Crippen MR) is 81.4 cm³/mol. The summed E-state index contributed by atoms with van der Waals surface area (Å²) in [6, 6.07) is 5.19. The van der Waals surface area contributed by atoms with E-state index in [0.29, 0.717) is 22.0 Å². The van der Waals surface area contributed by atoms with Crippen LogP contribution in [0.1, 0.15) is 20.8 Å². The molecule has 0 atom stereocenters. The summed E-state index contributed by atoms with van der Waals surface area (Å²) >= 11 is 7.21. The van der Waals surface area contributed by atoms with Gasteiger partial charge in [0.2, 0.25) is 0 Å². The Hall–Kier alpha value is -2.18. The van der Waals surface area contributed by atoms with Crippen molar-refractivity contribution in [2.75, 3.05) is 0 Å². The Morgan fingerprint density at radius 3 is 2.86 bits per heavy atom. The molecule has 2 heterocycles. The maximum absolute atomic E-state index is 12.0. The summed E-state index contributed by atoms with van der Waals surface area (Å²) < 4.78 is 0.668. The molecule has 0 spiro atoms. The van der Waals surface area contributed by atoms with Crippen LogP contribution in [0.2, 0.25) is 4.34 Å². The lowest BCUT2D eigenvalue weighted by atomic mass is 10.2. The van der Waals surface area contributed by atoms with Crippen LogP contribution in [0.4, 0.5) is 0 Å². The van der Waals surface area contributed by atoms with Crippen molar-refractivity contribution in [3.8, 4) is 0 Å². The Labute approximate surface area is 129 Å². The van der Waals surface area contributed by atoms with Gasteiger partial charge in [-0.3, -0.25) is 9.78 Å². The molecular weight excluding hydrogens is 312 g/mol. The van der Waals surface area contributed by atoms with E-state index in [4.69, 9.17) is 16.7 Å². The van der Waals surface area contributed by atoms with Crippen LogP contribution in [0, 0.1) is 0 Å². The fourth-order valence-corrected chi connectivity index (χ4v) is 2.58. The largest absolute Gasteiger partial charge is 0.478 e. The van der Waals surface area contributed by atoms with Gasteiger partial charge in [-0.2, -0.15) is 0 Å². The first kappa shape index (κ1) is 15.2. The average molecular weight is 323 g/mol. The molecule has 1 amide bonds. The summed E-state index contributed by atoms with van der Waals surface area (Å²) in [6.07, 6.45) is 5.28. The van der Waals surface area contributed by atoms with E-state index < -0.39 is 5.97 Å². The van der Waals surface area contributed by atoms with E-state index in [-0.39, 0.29) is 5.91 Å². The minimum atomic E-state index is -1.06. The first-order valence-electron chi connectivity index (χ1n) is 5.93. The van der Waals surface area contributed by atoms with Crippen molar-refractivity contribution in [3.05, 3.63) is 57.0 Å². The first-order chi connectivity index (χ1) is 10.0. The second-order valence-electron chi connectivity index (χ2n) is 4.07. The van der Waals surface area contributed by atoms with Crippen LogP contribution in [0.15, 0.2) is 36.7 Å². The predicted octanol–water partition coefficient (Wildman–Crippen LogP) is 2.82. The fourth-order valence-electron chi connectivity index (χ4n) is 1.56. The zero-order valence-corrected chi connectivity index (χ0v) is 12.3. The number of nitrogens with zero attached hydrogens (tertiary/aromatic N) is 1. The number of halogens is 1. The minimum absolute atomic E-state index is 0.280. The number of thiophene rings is 1. The number of aromatic nitrogens is 1. The third-order valence-electron chi connectivity index (χ3n) is 2.49. The van der Waals surface area contributed by atoms with Crippen molar-refractivity contribution in [1.29, 1.82) is 0 Å². The number of hydrogen-bond donors (Lipinski definition) is 2. The Morgan fingerprint density at radius 2 is 2.19 bits per heavy atom. The summed E-state index contributed by atoms with van der Waals surface area (Å²) in [4.78, 5) is 27.3. The second kappa shape index (κ2) is 7.01. The summed E-state index contributed by atoms with van der Waals surface area (Å²) in [6.45, 7) is 0.380. The molecule has 0 bridgehead atoms. The van der Waals surface area contributed by atoms with Crippen LogP contribution in [0.3, 0.4) is 0 Å². The molecule has 108 valence electrons. The topological polar surface area (TPSA) is 79.3 Å². The Bertz CT molecular complexity index is 697. The van der Waals surface area contributed by atoms with Crippen molar-refractivity contribution >= 4 is 40.9 Å². The van der Waals surface area contributed by atoms with E-state index in [9.17, 15) is 9.59 Å². The molecule has 0 fully saturated rings. The lowest BCUT2D eigenvalue weighted by Gasteiger charge is -2.04. The van der Waals surface area contributed by atoms with Crippen LogP contribution < -0.4 is 5.32 Å². The molecule has 0 radical (unpaired) electrons. The molecule has 21 heavy (non-hydrogen) atoms. The van der Waals surface area contributed by atoms with Crippen LogP contribution in [0.25, 0.3) is 6.08 Å². The number of rotatable bonds is 5. The molecular formula is C14H11ClN2O3S. The van der Waals surface area contributed by atoms with E-state index in [0.717, 1.165) is 11.0 Å². The Balaban J connectivity index is 2.02. The molecule has 2 aromatic rings. The van der Waals surface area contributed by atoms with Crippen molar-refractivity contribution in [2.45, 2.75) is 6.54 Å². The Kier molecular flexibility index (Phi) is 5.08. The molecule has 2 N–H and O–H groups in total. The van der Waals surface area contributed by atoms with E-state index in [2.05, 4.69) is 10.3 Å². The highest BCUT2D eigenvalue weighted by Crippen LogP contribution is 2.21. The van der Waals surface area contributed by atoms with Gasteiger partial charge in [0, 0.05) is 23.3 Å². The zero-order chi connectivity index (χ0) is 15.2. The highest BCUT2D eigenvalue weighted by Gasteiger charge is 2.07. The number of carboxylic acids is 1. The maximum Gasteiger partial charge on any atom is 0.328 e. The molecule has 7 heteroatoms. The summed E-state index contributed by atoms with van der Waals surface area (Å²) in [7, 11) is 0. The van der Waals surface area contributed by atoms with Crippen LogP contribution >= 0.6 is 22.9 Å². The van der Waals surface area contributed by atoms with Gasteiger partial charge in [0.1, 0.15) is 0 Å². The molecule has 0 aliphatic carbocycles. The first-order valence-corrected chi connectivity index (χ1v) is 7.12. The molecule has 5 nitrogen and oxygen atoms in total. The van der Waals surface area contributed by atoms with Gasteiger partial charge < -0.3 is 10.4 Å². The van der Waals surface area contributed by atoms with Crippen LogP contribution in [-0.2, 0) is 11.3 Å². The van der Waals surface area contributed by atoms with E-state index in [1.807, 2.05) is 6.07 Å². The number of amides is 1. The van der Waals surface area contributed by atoms with E-state index in [1.54, 1.807) is 12.1 Å². The van der Waals surface area contributed by atoms with Gasteiger partial charge in [-0.15, -0.1) is 11.3 Å². The zero-order valence-electron chi connectivity index (χ0n) is 10.7. The van der Waals surface area contributed by atoms with Crippen molar-refractivity contribution < 1.29 is 14.7 Å². The molecule has 0 aliphatic rings. The lowest BCUT2D eigenvalue weighted by Crippen LogP contribution is -2.22. The SMILES string of the molecule is O=C(O)C=Cc1cncc(C(=O)NCc2ccc(Cl)s2)c1. The lowest BCUT2D eigenvalue weighted by molar-refractivity contribution is -0.131. The monoisotopic (exact) mass is 322 g/mol. The molecule has 0 saturated heterocycles. The molecule has 0 aromatic carbocycles. The third kappa shape index (κ3) is 4.70. The average Bonchev–Trinajstić information content (AvgIpc) is 2.88. The third-order valence-corrected chi connectivity index (χ3v) is 3.72. The summed E-state index contributed by atoms with van der Waals surface area (Å²) in [5.74, 6) is -1.34. The number of aliphatic carboxylic acids is 1. The van der Waals surface area contributed by atoms with Gasteiger partial charge in [0.05, 0.1) is 16.4 Å². The standard InChI is InChI=1S/C14H11ClN2O3S/c15-12-3-2-11(21-12)8-17-14(20)10-5-9(6-16-7-10)1-4-13(18)19/h1-7H,8H2,(H,17,20)(H,18,19). The van der Waals surface area contributed by atoms with Crippen LogP contribution in [0.5, 0.6) is 0 Å².